The zero-order valence-electron chi connectivity index (χ0n) is 63.1. The van der Waals surface area contributed by atoms with Gasteiger partial charge in [0.15, 0.2) is 50.3 Å². The van der Waals surface area contributed by atoms with Gasteiger partial charge in [0.05, 0.1) is 50.8 Å². The zero-order valence-corrected chi connectivity index (χ0v) is 71.1. The Kier molecular flexibility index (Phi) is 56.5. The van der Waals surface area contributed by atoms with Gasteiger partial charge in [-0.1, -0.05) is 0 Å². The van der Waals surface area contributed by atoms with E-state index in [1.165, 1.54) is 0 Å². The number of ether oxygens (including phenoxy) is 16. The second-order valence-corrected chi connectivity index (χ2v) is 25.0. The maximum absolute atomic E-state index is 12.6. The molecule has 0 aliphatic carbocycles. The summed E-state index contributed by atoms with van der Waals surface area (Å²) in [4.78, 5) is 115. The molecule has 0 aromatic carbocycles. The van der Waals surface area contributed by atoms with Crippen molar-refractivity contribution in [1.29, 1.82) is 0 Å². The molecule has 0 radical (unpaired) electrons. The van der Waals surface area contributed by atoms with E-state index < -0.39 is 271 Å². The molecule has 0 spiro atoms. The third-order valence-corrected chi connectivity index (χ3v) is 17.3. The second-order valence-electron chi connectivity index (χ2n) is 25.0. The van der Waals surface area contributed by atoms with E-state index in [0.29, 0.717) is 13.0 Å². The van der Waals surface area contributed by atoms with E-state index in [4.69, 9.17) is 120 Å². The topological polar surface area (TPSA) is 771 Å². The third kappa shape index (κ3) is 32.3. The Morgan fingerprint density at radius 2 is 0.557 bits per heavy atom. The van der Waals surface area contributed by atoms with E-state index in [1.807, 2.05) is 0 Å². The number of carbonyl (C=O) groups excluding carboxylic acids is 12. The summed E-state index contributed by atoms with van der Waals surface area (Å²) in [6.07, 6.45) is -54.0. The average Bonchev–Trinajstić information content (AvgIpc) is 0.782. The number of unbranched alkanes of at least 4 members (excludes halogenated alkanes) is 2. The standard InChI is InChI=1S/C57H93N5O37.4CO2.4Na/c1-18(67)59-30-39(76)34(71)22(10-63)89-50(30)93-27-15-86-55(44(81)36(27)73)97-48-24(12-65)91-52(32(41(48)78)61-20(3)69)95-29-17-88-57(46(83)38(29)75)99-49-25(13-66)92-53(33(42(49)79)62-21(4)70)96-28-16-87-56(45(82)37(28)74)98-47-23(11-64)90-51(31(40(47)77)60-19(2)68)94-26-14-85-54(43(80)35(26)72)84-9-7-5-6-8-58;4*2-1-3;;;;/h14-17,22-57,63-66,71-83H,5-13,58H2,1-4H3,(H,59,67)(H,60,68)(H,61,69)(H,62,70);;;;;;;;/q-4;;;;;4*+1/t22?,23?,24?,25?,26-,27-,28-,29-,30?,31?,32?,33?,34-,35-,36-,37-,38-,39-,40-,41-,42-,43?,44?,45?,46?,47-,48-,49-,50-,51+,52-,53-,54-,55+,56+,57+;;;;;;;;/m1......../s1. The largest absolute Gasteiger partial charge is 1.00 e. The summed E-state index contributed by atoms with van der Waals surface area (Å²) < 4.78 is 91.9. The minimum Gasteiger partial charge on any atom is -0.525 e. The molecule has 0 bridgehead atoms. The smallest absolute Gasteiger partial charge is 0.525 e. The molecule has 8 rings (SSSR count). The summed E-state index contributed by atoms with van der Waals surface area (Å²) in [7, 11) is 0. The maximum Gasteiger partial charge on any atom is 1.00 e. The molecule has 0 aromatic heterocycles. The molecule has 23 N–H and O–H groups in total. The average molecular weight is 1710 g/mol. The molecule has 0 saturated carbocycles. The van der Waals surface area contributed by atoms with Crippen LogP contribution in [0.1, 0.15) is 47.0 Å². The molecule has 12 unspecified atom stereocenters. The number of nitrogens with two attached hydrogens (primary N) is 1. The molecular weight excluding hydrogens is 1610 g/mol. The molecule has 8 fully saturated rings. The van der Waals surface area contributed by atoms with E-state index >= 15 is 0 Å². The molecular formula is C61H93N5Na4O45. The Hall–Kier alpha value is -1.96. The van der Waals surface area contributed by atoms with Gasteiger partial charge < -0.3 is 190 Å². The first-order valence-electron chi connectivity index (χ1n) is 33.5. The van der Waals surface area contributed by atoms with Gasteiger partial charge in [0.1, 0.15) is 122 Å². The molecule has 8 heterocycles. The number of aliphatic hydroxyl groups excluding tert-OH is 17. The van der Waals surface area contributed by atoms with Gasteiger partial charge in [-0.2, -0.15) is 64.8 Å². The molecule has 8 aliphatic heterocycles. The predicted molar refractivity (Wildman–Crippen MR) is 331 cm³/mol. The van der Waals surface area contributed by atoms with Crippen molar-refractivity contribution in [3.8, 4) is 0 Å². The maximum atomic E-state index is 12.6. The van der Waals surface area contributed by atoms with Crippen LogP contribution < -0.4 is 145 Å². The third-order valence-electron chi connectivity index (χ3n) is 17.3. The molecule has 8 saturated heterocycles. The zero-order chi connectivity index (χ0) is 83.3. The molecule has 636 valence electrons. The van der Waals surface area contributed by atoms with Crippen molar-refractivity contribution in [2.45, 2.75) is 268 Å². The van der Waals surface area contributed by atoms with Gasteiger partial charge in [-0.3, -0.25) is 19.2 Å². The molecule has 8 aliphatic rings. The molecule has 115 heavy (non-hydrogen) atoms. The van der Waals surface area contributed by atoms with Crippen LogP contribution in [0.2, 0.25) is 0 Å². The van der Waals surface area contributed by atoms with E-state index in [0.717, 1.165) is 67.0 Å². The van der Waals surface area contributed by atoms with E-state index in [9.17, 15) is 106 Å². The molecule has 54 heteroatoms. The van der Waals surface area contributed by atoms with E-state index in [1.54, 1.807) is 0 Å². The summed E-state index contributed by atoms with van der Waals surface area (Å²) in [5, 5.41) is 197. The van der Waals surface area contributed by atoms with Gasteiger partial charge in [-0.25, -0.2) is 0 Å². The fourth-order valence-corrected chi connectivity index (χ4v) is 12.1. The van der Waals surface area contributed by atoms with Crippen LogP contribution in [-0.4, -0.2) is 396 Å². The van der Waals surface area contributed by atoms with Crippen molar-refractivity contribution >= 4 is 48.2 Å². The summed E-state index contributed by atoms with van der Waals surface area (Å²) in [6, 6.07) is -6.39. The monoisotopic (exact) mass is 1710 g/mol. The normalized spacial score (nSPS) is 39.9. The van der Waals surface area contributed by atoms with Gasteiger partial charge in [0, 0.05) is 34.3 Å². The number of rotatable bonds is 28. The Bertz CT molecular complexity index is 2910. The Morgan fingerprint density at radius 3 is 0.800 bits per heavy atom. The van der Waals surface area contributed by atoms with Gasteiger partial charge >= 0.3 is 143 Å². The van der Waals surface area contributed by atoms with Gasteiger partial charge in [-0.15, -0.1) is 0 Å². The number of aliphatic hydroxyl groups is 17. The summed E-state index contributed by atoms with van der Waals surface area (Å²) in [6.45, 7) is 4.60. The van der Waals surface area contributed by atoms with E-state index in [2.05, 4.69) is 21.3 Å². The number of hydrogen-bond acceptors (Lipinski definition) is 46. The van der Waals surface area contributed by atoms with Crippen LogP contribution in [0, 0.1) is 26.4 Å². The van der Waals surface area contributed by atoms with Crippen molar-refractivity contribution in [2.75, 3.05) is 39.6 Å². The number of nitrogens with one attached hydrogen (secondary N) is 4. The first kappa shape index (κ1) is 113. The van der Waals surface area contributed by atoms with Crippen molar-refractivity contribution in [1.82, 2.24) is 21.3 Å². The van der Waals surface area contributed by atoms with Crippen LogP contribution in [0.15, 0.2) is 0 Å². The van der Waals surface area contributed by atoms with Crippen LogP contribution in [-0.2, 0) is 133 Å². The number of amides is 4. The summed E-state index contributed by atoms with van der Waals surface area (Å²) in [5.41, 5.74) is 5.52. The molecule has 4 amide bonds. The predicted octanol–water partition coefficient (Wildman–Crippen LogP) is -27.8. The summed E-state index contributed by atoms with van der Waals surface area (Å²) >= 11 is 0. The van der Waals surface area contributed by atoms with Crippen LogP contribution in [0.4, 0.5) is 0 Å². The van der Waals surface area contributed by atoms with Crippen molar-refractivity contribution in [3.05, 3.63) is 26.4 Å². The van der Waals surface area contributed by atoms with Gasteiger partial charge in [0.2, 0.25) is 23.6 Å². The molecule has 50 nitrogen and oxygen atoms in total. The Balaban J connectivity index is 0.00000763. The Morgan fingerprint density at radius 1 is 0.322 bits per heavy atom. The van der Waals surface area contributed by atoms with Crippen LogP contribution in [0.5, 0.6) is 0 Å². The minimum atomic E-state index is -2.15. The quantitative estimate of drug-likeness (QED) is 0.0196. The number of hydrogen-bond donors (Lipinski definition) is 22. The van der Waals surface area contributed by atoms with Crippen LogP contribution >= 0.6 is 0 Å². The first-order chi connectivity index (χ1) is 52.7. The fraction of sp³-hybridized carbons (Fsp3) is 0.803. The van der Waals surface area contributed by atoms with Crippen molar-refractivity contribution in [3.63, 3.8) is 0 Å². The Labute approximate surface area is 741 Å². The fourth-order valence-electron chi connectivity index (χ4n) is 12.1. The second kappa shape index (κ2) is 57.5. The van der Waals surface area contributed by atoms with Crippen molar-refractivity contribution in [2.24, 2.45) is 5.73 Å². The van der Waals surface area contributed by atoms with Crippen LogP contribution in [0.3, 0.4) is 0 Å². The van der Waals surface area contributed by atoms with E-state index in [-0.39, 0.29) is 149 Å². The molecule has 0 aromatic rings. The van der Waals surface area contributed by atoms with Crippen molar-refractivity contribution < 1.29 is 338 Å². The van der Waals surface area contributed by atoms with Gasteiger partial charge in [0.25, 0.3) is 0 Å². The SMILES string of the molecule is CC(=O)NC1[C@@H](O[C@@H]2[CH-]O[C@@H](O[C@@H]3C(CO)O[C@H](O[C@@H]4[CH-]O[C@@H](O[C@@H]5C(CO)O[C@H](O[C@@H]6[CH-]O[C@@H](O[C@@H]7C(CO)O[C@@H](O[C@@H]8[CH-]O[C@@H](OCCCCCN)C(O)[C@@H]8O)C(NC(C)=O)[C@H]7O)C(O)[C@@H]6O)C(NC(C)=O)[C@H]5O)C(O)[C@@H]4O)C(NC(C)=O)[C@H]3O)C(O)[C@@H]2O)OC(CO)[C@@H](O)[C@@H]1O.O=C=O.O=C=O.O=C=O.O=C=O.[Na+].[Na+].[Na+].[Na+]. The minimum absolute atomic E-state index is 0. The summed E-state index contributed by atoms with van der Waals surface area (Å²) in [5.74, 6) is -3.03. The van der Waals surface area contributed by atoms with Gasteiger partial charge in [-0.05, 0) is 50.2 Å². The molecule has 36 atom stereocenters. The first-order valence-corrected chi connectivity index (χ1v) is 33.5. The number of carbonyl (C=O) groups is 4. The van der Waals surface area contributed by atoms with Crippen LogP contribution in [0.25, 0.3) is 0 Å².